The molecule has 0 spiro atoms. The molecule has 0 radical (unpaired) electrons. The van der Waals surface area contributed by atoms with Crippen molar-refractivity contribution in [3.8, 4) is 0 Å². The third kappa shape index (κ3) is 7.58. The van der Waals surface area contributed by atoms with Gasteiger partial charge in [0.2, 0.25) is 0 Å². The van der Waals surface area contributed by atoms with Crippen LogP contribution in [0.5, 0.6) is 0 Å². The molecule has 5 rings (SSSR count). The van der Waals surface area contributed by atoms with Crippen molar-refractivity contribution >= 4 is 17.8 Å². The van der Waals surface area contributed by atoms with Crippen molar-refractivity contribution in [3.05, 3.63) is 94.8 Å². The topological polar surface area (TPSA) is 106 Å². The molecule has 42 heavy (non-hydrogen) atoms. The number of benzene rings is 2. The molecular formula is C31H35F3N4O4. The number of carboxylic acids is 1. The number of carbonyl (C=O) groups is 3. The number of aryl methyl sites for hydroxylation is 2. The molecule has 3 aromatic rings. The first-order chi connectivity index (χ1) is 19.9. The molecule has 2 aromatic carbocycles. The summed E-state index contributed by atoms with van der Waals surface area (Å²) >= 11 is 0. The Balaban J connectivity index is 0.000000517. The number of carboxylic acid groups (broad SMARTS) is 1. The molecule has 2 saturated heterocycles. The van der Waals surface area contributed by atoms with Crippen LogP contribution >= 0.6 is 0 Å². The highest BCUT2D eigenvalue weighted by molar-refractivity contribution is 5.97. The van der Waals surface area contributed by atoms with E-state index in [-0.39, 0.29) is 17.9 Å². The lowest BCUT2D eigenvalue weighted by atomic mass is 10.0. The Morgan fingerprint density at radius 3 is 2.05 bits per heavy atom. The number of H-pyrrole nitrogens is 1. The number of fused-ring (bicyclic) bond motifs is 1. The number of halogens is 3. The van der Waals surface area contributed by atoms with Gasteiger partial charge in [0.05, 0.1) is 6.04 Å². The second kappa shape index (κ2) is 13.2. The van der Waals surface area contributed by atoms with Gasteiger partial charge in [-0.25, -0.2) is 4.79 Å². The van der Waals surface area contributed by atoms with Gasteiger partial charge in [-0.3, -0.25) is 9.59 Å². The summed E-state index contributed by atoms with van der Waals surface area (Å²) in [6, 6.07) is 19.8. The summed E-state index contributed by atoms with van der Waals surface area (Å²) in [4.78, 5) is 42.4. The van der Waals surface area contributed by atoms with E-state index in [0.29, 0.717) is 17.5 Å². The second-order valence-electron chi connectivity index (χ2n) is 10.9. The molecule has 2 fully saturated rings. The summed E-state index contributed by atoms with van der Waals surface area (Å²) in [6.45, 7) is 8.65. The second-order valence-corrected chi connectivity index (χ2v) is 10.9. The van der Waals surface area contributed by atoms with Gasteiger partial charge in [-0.1, -0.05) is 48.5 Å². The van der Waals surface area contributed by atoms with Gasteiger partial charge in [-0.2, -0.15) is 13.2 Å². The minimum Gasteiger partial charge on any atom is -0.475 e. The molecule has 2 unspecified atom stereocenters. The lowest BCUT2D eigenvalue weighted by molar-refractivity contribution is -0.192. The van der Waals surface area contributed by atoms with Crippen LogP contribution in [0.1, 0.15) is 50.0 Å². The summed E-state index contributed by atoms with van der Waals surface area (Å²) in [6.07, 6.45) is -2.47. The van der Waals surface area contributed by atoms with Crippen LogP contribution in [0, 0.1) is 25.7 Å². The van der Waals surface area contributed by atoms with Crippen LogP contribution in [0.15, 0.2) is 66.9 Å². The van der Waals surface area contributed by atoms with E-state index in [2.05, 4.69) is 32.2 Å². The van der Waals surface area contributed by atoms with Crippen LogP contribution < -0.4 is 5.32 Å². The number of nitrogens with zero attached hydrogens (tertiary/aromatic N) is 2. The van der Waals surface area contributed by atoms with E-state index in [4.69, 9.17) is 9.90 Å². The number of likely N-dealkylation sites (tertiary alicyclic amines) is 2. The van der Waals surface area contributed by atoms with Crippen molar-refractivity contribution in [1.29, 1.82) is 0 Å². The zero-order valence-electron chi connectivity index (χ0n) is 23.5. The zero-order valence-corrected chi connectivity index (χ0v) is 23.5. The molecular weight excluding hydrogens is 549 g/mol. The minimum absolute atomic E-state index is 0.0467. The molecule has 2 aliphatic rings. The monoisotopic (exact) mass is 584 g/mol. The van der Waals surface area contributed by atoms with Gasteiger partial charge < -0.3 is 25.2 Å². The summed E-state index contributed by atoms with van der Waals surface area (Å²) in [5, 5.41) is 10.3. The van der Waals surface area contributed by atoms with E-state index in [1.807, 2.05) is 56.3 Å². The van der Waals surface area contributed by atoms with E-state index < -0.39 is 12.1 Å². The first-order valence-electron chi connectivity index (χ1n) is 13.8. The first-order valence-corrected chi connectivity index (χ1v) is 13.8. The van der Waals surface area contributed by atoms with E-state index in [1.54, 1.807) is 12.3 Å². The molecule has 8 nitrogen and oxygen atoms in total. The molecule has 0 saturated carbocycles. The number of aromatic amines is 1. The van der Waals surface area contributed by atoms with Crippen LogP contribution in [0.25, 0.3) is 0 Å². The molecule has 11 heteroatoms. The number of hydrogen-bond acceptors (Lipinski definition) is 4. The Labute approximate surface area is 242 Å². The normalized spacial score (nSPS) is 19.0. The van der Waals surface area contributed by atoms with Gasteiger partial charge in [0.1, 0.15) is 5.69 Å². The van der Waals surface area contributed by atoms with Gasteiger partial charge in [-0.15, -0.1) is 0 Å². The lowest BCUT2D eigenvalue weighted by Gasteiger charge is -2.25. The van der Waals surface area contributed by atoms with Crippen LogP contribution in [-0.4, -0.2) is 76.6 Å². The fourth-order valence-corrected chi connectivity index (χ4v) is 5.78. The van der Waals surface area contributed by atoms with E-state index in [1.165, 1.54) is 0 Å². The number of nitrogens with one attached hydrogen (secondary N) is 2. The maximum absolute atomic E-state index is 13.2. The van der Waals surface area contributed by atoms with Crippen LogP contribution in [-0.2, 0) is 4.79 Å². The number of aliphatic carboxylic acids is 1. The predicted octanol–water partition coefficient (Wildman–Crippen LogP) is 4.83. The molecule has 0 aliphatic carbocycles. The van der Waals surface area contributed by atoms with Crippen molar-refractivity contribution in [2.24, 2.45) is 11.8 Å². The van der Waals surface area contributed by atoms with Gasteiger partial charge in [0.15, 0.2) is 0 Å². The smallest absolute Gasteiger partial charge is 0.475 e. The van der Waals surface area contributed by atoms with E-state index >= 15 is 0 Å². The Kier molecular flexibility index (Phi) is 9.72. The summed E-state index contributed by atoms with van der Waals surface area (Å²) in [5.41, 5.74) is 4.68. The number of carbonyl (C=O) groups excluding carboxylic acids is 2. The third-order valence-corrected chi connectivity index (χ3v) is 7.87. The fraction of sp³-hybridized carbons (Fsp3) is 0.387. The highest BCUT2D eigenvalue weighted by Crippen LogP contribution is 2.33. The SMILES string of the molecule is Cc1cccc(C)c1C(=O)N1CC2CN(CCC(NC(=O)c3ccc[nH]3)c3ccccc3)C[C@H]2C1.O=C(O)C(F)(F)F. The summed E-state index contributed by atoms with van der Waals surface area (Å²) in [7, 11) is 0. The number of alkyl halides is 3. The maximum Gasteiger partial charge on any atom is 0.490 e. The Hall–Kier alpha value is -4.12. The average molecular weight is 585 g/mol. The quantitative estimate of drug-likeness (QED) is 0.369. The van der Waals surface area contributed by atoms with Crippen molar-refractivity contribution in [2.45, 2.75) is 32.5 Å². The van der Waals surface area contributed by atoms with E-state index in [9.17, 15) is 22.8 Å². The van der Waals surface area contributed by atoms with Gasteiger partial charge in [0, 0.05) is 44.5 Å². The number of rotatable bonds is 7. The van der Waals surface area contributed by atoms with Crippen molar-refractivity contribution in [3.63, 3.8) is 0 Å². The number of amides is 2. The van der Waals surface area contributed by atoms with Crippen molar-refractivity contribution in [1.82, 2.24) is 20.1 Å². The molecule has 2 amide bonds. The molecule has 3 N–H and O–H groups in total. The lowest BCUT2D eigenvalue weighted by Crippen LogP contribution is -2.35. The summed E-state index contributed by atoms with van der Waals surface area (Å²) < 4.78 is 31.7. The molecule has 3 atom stereocenters. The first kappa shape index (κ1) is 30.8. The van der Waals surface area contributed by atoms with Crippen LogP contribution in [0.4, 0.5) is 13.2 Å². The zero-order chi connectivity index (χ0) is 30.4. The largest absolute Gasteiger partial charge is 0.490 e. The highest BCUT2D eigenvalue weighted by Gasteiger charge is 2.42. The van der Waals surface area contributed by atoms with Gasteiger partial charge >= 0.3 is 12.1 Å². The minimum atomic E-state index is -5.08. The molecule has 3 heterocycles. The number of hydrogen-bond donors (Lipinski definition) is 3. The molecule has 224 valence electrons. The molecule has 0 bridgehead atoms. The van der Waals surface area contributed by atoms with Crippen molar-refractivity contribution in [2.75, 3.05) is 32.7 Å². The highest BCUT2D eigenvalue weighted by atomic mass is 19.4. The van der Waals surface area contributed by atoms with Crippen molar-refractivity contribution < 1.29 is 32.7 Å². The van der Waals surface area contributed by atoms with Crippen LogP contribution in [0.3, 0.4) is 0 Å². The third-order valence-electron chi connectivity index (χ3n) is 7.87. The molecule has 1 aromatic heterocycles. The maximum atomic E-state index is 13.2. The Morgan fingerprint density at radius 1 is 0.929 bits per heavy atom. The Morgan fingerprint density at radius 2 is 1.52 bits per heavy atom. The summed E-state index contributed by atoms with van der Waals surface area (Å²) in [5.74, 6) is -1.62. The van der Waals surface area contributed by atoms with Crippen LogP contribution in [0.2, 0.25) is 0 Å². The average Bonchev–Trinajstić information content (AvgIpc) is 3.69. The van der Waals surface area contributed by atoms with E-state index in [0.717, 1.165) is 61.4 Å². The molecule has 2 aliphatic heterocycles. The van der Waals surface area contributed by atoms with Gasteiger partial charge in [-0.05, 0) is 60.9 Å². The number of aromatic nitrogens is 1. The van der Waals surface area contributed by atoms with Gasteiger partial charge in [0.25, 0.3) is 11.8 Å². The predicted molar refractivity (Wildman–Crippen MR) is 151 cm³/mol. The standard InChI is InChI=1S/C29H34N4O2.C2HF3O2/c1-20-8-6-9-21(2)27(20)29(35)33-18-23-16-32(17-24(23)19-33)15-13-25(22-10-4-3-5-11-22)31-28(34)26-12-7-14-30-26;3-2(4,5)1(6)7/h3-12,14,23-25,30H,13,15-19H2,1-2H3,(H,31,34);(H,6,7)/t23-,24?,25?;/m0./s1. The Bertz CT molecular complexity index is 1340. The fourth-order valence-electron chi connectivity index (χ4n) is 5.78.